The second-order valence-electron chi connectivity index (χ2n) is 5.38. The summed E-state index contributed by atoms with van der Waals surface area (Å²) in [7, 11) is 0. The summed E-state index contributed by atoms with van der Waals surface area (Å²) >= 11 is 0. The van der Waals surface area contributed by atoms with Crippen LogP contribution in [0.4, 0.5) is 4.39 Å². The van der Waals surface area contributed by atoms with Crippen LogP contribution in [-0.4, -0.2) is 12.0 Å². The standard InChI is InChI=1S/C18H20FNO2/c1-12-5-4-6-16(9-12)22-14(3)18(21)20-11-15-7-8-17(19)13(2)10-15/h4-10,14H,11H2,1-3H3,(H,20,21). The molecule has 0 aromatic heterocycles. The Hall–Kier alpha value is -2.36. The highest BCUT2D eigenvalue weighted by Gasteiger charge is 2.14. The van der Waals surface area contributed by atoms with Crippen LogP contribution < -0.4 is 10.1 Å². The monoisotopic (exact) mass is 301 g/mol. The van der Waals surface area contributed by atoms with Crippen molar-refractivity contribution in [1.82, 2.24) is 5.32 Å². The Balaban J connectivity index is 1.89. The minimum atomic E-state index is -0.594. The first-order valence-electron chi connectivity index (χ1n) is 7.22. The molecular formula is C18H20FNO2. The third kappa shape index (κ3) is 4.32. The fourth-order valence-electron chi connectivity index (χ4n) is 2.10. The second-order valence-corrected chi connectivity index (χ2v) is 5.38. The van der Waals surface area contributed by atoms with Crippen molar-refractivity contribution in [1.29, 1.82) is 0 Å². The number of benzene rings is 2. The average molecular weight is 301 g/mol. The van der Waals surface area contributed by atoms with Crippen LogP contribution in [0.5, 0.6) is 5.75 Å². The highest BCUT2D eigenvalue weighted by molar-refractivity contribution is 5.80. The molecule has 0 spiro atoms. The van der Waals surface area contributed by atoms with Gasteiger partial charge < -0.3 is 10.1 Å². The lowest BCUT2D eigenvalue weighted by Crippen LogP contribution is -2.35. The lowest BCUT2D eigenvalue weighted by Gasteiger charge is -2.15. The number of carbonyl (C=O) groups excluding carboxylic acids is 1. The van der Waals surface area contributed by atoms with Gasteiger partial charge in [-0.05, 0) is 55.7 Å². The van der Waals surface area contributed by atoms with Crippen molar-refractivity contribution in [2.45, 2.75) is 33.4 Å². The lowest BCUT2D eigenvalue weighted by molar-refractivity contribution is -0.127. The number of carbonyl (C=O) groups is 1. The van der Waals surface area contributed by atoms with Gasteiger partial charge in [0.2, 0.25) is 0 Å². The van der Waals surface area contributed by atoms with E-state index >= 15 is 0 Å². The summed E-state index contributed by atoms with van der Waals surface area (Å²) in [5.41, 5.74) is 2.50. The summed E-state index contributed by atoms with van der Waals surface area (Å²) in [5, 5.41) is 2.79. The molecular weight excluding hydrogens is 281 g/mol. The molecule has 1 unspecified atom stereocenters. The maximum absolute atomic E-state index is 13.2. The normalized spacial score (nSPS) is 11.8. The second kappa shape index (κ2) is 7.07. The minimum absolute atomic E-state index is 0.205. The molecule has 0 bridgehead atoms. The van der Waals surface area contributed by atoms with Gasteiger partial charge in [-0.25, -0.2) is 4.39 Å². The van der Waals surface area contributed by atoms with E-state index < -0.39 is 6.10 Å². The molecule has 0 aliphatic heterocycles. The van der Waals surface area contributed by atoms with Crippen LogP contribution in [-0.2, 0) is 11.3 Å². The van der Waals surface area contributed by atoms with Crippen molar-refractivity contribution in [2.75, 3.05) is 0 Å². The Labute approximate surface area is 130 Å². The average Bonchev–Trinajstić information content (AvgIpc) is 2.48. The smallest absolute Gasteiger partial charge is 0.261 e. The van der Waals surface area contributed by atoms with Crippen molar-refractivity contribution in [2.24, 2.45) is 0 Å². The Kier molecular flexibility index (Phi) is 5.15. The van der Waals surface area contributed by atoms with E-state index in [0.29, 0.717) is 17.9 Å². The Bertz CT molecular complexity index is 670. The van der Waals surface area contributed by atoms with Gasteiger partial charge in [-0.15, -0.1) is 0 Å². The zero-order valence-electron chi connectivity index (χ0n) is 13.0. The van der Waals surface area contributed by atoms with Gasteiger partial charge in [0.25, 0.3) is 5.91 Å². The fourth-order valence-corrected chi connectivity index (χ4v) is 2.10. The summed E-state index contributed by atoms with van der Waals surface area (Å²) in [5.74, 6) is 0.218. The van der Waals surface area contributed by atoms with E-state index in [1.54, 1.807) is 26.0 Å². The fraction of sp³-hybridized carbons (Fsp3) is 0.278. The minimum Gasteiger partial charge on any atom is -0.481 e. The molecule has 116 valence electrons. The van der Waals surface area contributed by atoms with Gasteiger partial charge in [-0.2, -0.15) is 0 Å². The zero-order chi connectivity index (χ0) is 16.1. The van der Waals surface area contributed by atoms with Crippen LogP contribution in [0.15, 0.2) is 42.5 Å². The van der Waals surface area contributed by atoms with Gasteiger partial charge in [0, 0.05) is 6.54 Å². The molecule has 1 N–H and O–H groups in total. The SMILES string of the molecule is Cc1cccc(OC(C)C(=O)NCc2ccc(F)c(C)c2)c1. The van der Waals surface area contributed by atoms with Crippen LogP contribution in [0.1, 0.15) is 23.6 Å². The Morgan fingerprint density at radius 2 is 2.00 bits per heavy atom. The third-order valence-electron chi connectivity index (χ3n) is 3.36. The third-order valence-corrected chi connectivity index (χ3v) is 3.36. The molecule has 0 saturated heterocycles. The topological polar surface area (TPSA) is 38.3 Å². The number of rotatable bonds is 5. The molecule has 2 aromatic rings. The van der Waals surface area contributed by atoms with Crippen LogP contribution >= 0.6 is 0 Å². The molecule has 0 heterocycles. The first-order chi connectivity index (χ1) is 10.5. The number of halogens is 1. The number of amides is 1. The van der Waals surface area contributed by atoms with Crippen molar-refractivity contribution >= 4 is 5.91 Å². The molecule has 0 aliphatic rings. The highest BCUT2D eigenvalue weighted by atomic mass is 19.1. The summed E-state index contributed by atoms with van der Waals surface area (Å²) in [6.07, 6.45) is -0.594. The number of aryl methyl sites for hydroxylation is 2. The van der Waals surface area contributed by atoms with Gasteiger partial charge in [0.1, 0.15) is 11.6 Å². The number of ether oxygens (including phenoxy) is 1. The first kappa shape index (κ1) is 16.0. The summed E-state index contributed by atoms with van der Waals surface area (Å²) in [6, 6.07) is 12.3. The van der Waals surface area contributed by atoms with Crippen LogP contribution in [0, 0.1) is 19.7 Å². The van der Waals surface area contributed by atoms with Gasteiger partial charge in [0.15, 0.2) is 6.10 Å². The van der Waals surface area contributed by atoms with E-state index in [9.17, 15) is 9.18 Å². The van der Waals surface area contributed by atoms with E-state index in [-0.39, 0.29) is 11.7 Å². The van der Waals surface area contributed by atoms with Crippen molar-refractivity contribution in [3.63, 3.8) is 0 Å². The van der Waals surface area contributed by atoms with Crippen molar-refractivity contribution < 1.29 is 13.9 Å². The summed E-state index contributed by atoms with van der Waals surface area (Å²) in [4.78, 5) is 12.0. The maximum atomic E-state index is 13.2. The van der Waals surface area contributed by atoms with Gasteiger partial charge in [0.05, 0.1) is 0 Å². The molecule has 2 rings (SSSR count). The predicted octanol–water partition coefficient (Wildman–Crippen LogP) is 3.53. The van der Waals surface area contributed by atoms with Gasteiger partial charge >= 0.3 is 0 Å². The Morgan fingerprint density at radius 3 is 2.68 bits per heavy atom. The molecule has 1 amide bonds. The number of hydrogen-bond donors (Lipinski definition) is 1. The van der Waals surface area contributed by atoms with Crippen LogP contribution in [0.25, 0.3) is 0 Å². The lowest BCUT2D eigenvalue weighted by atomic mass is 10.1. The van der Waals surface area contributed by atoms with E-state index in [1.165, 1.54) is 6.07 Å². The zero-order valence-corrected chi connectivity index (χ0v) is 13.0. The highest BCUT2D eigenvalue weighted by Crippen LogP contribution is 2.14. The number of hydrogen-bond acceptors (Lipinski definition) is 2. The molecule has 0 aliphatic carbocycles. The van der Waals surface area contributed by atoms with Crippen molar-refractivity contribution in [3.05, 3.63) is 65.0 Å². The van der Waals surface area contributed by atoms with Crippen molar-refractivity contribution in [3.8, 4) is 5.75 Å². The molecule has 3 nitrogen and oxygen atoms in total. The Morgan fingerprint density at radius 1 is 1.23 bits per heavy atom. The first-order valence-corrected chi connectivity index (χ1v) is 7.22. The largest absolute Gasteiger partial charge is 0.481 e. The molecule has 2 aromatic carbocycles. The molecule has 22 heavy (non-hydrogen) atoms. The molecule has 4 heteroatoms. The molecule has 0 saturated carbocycles. The van der Waals surface area contributed by atoms with Gasteiger partial charge in [-0.1, -0.05) is 24.3 Å². The molecule has 0 radical (unpaired) electrons. The van der Waals surface area contributed by atoms with E-state index in [2.05, 4.69) is 5.32 Å². The van der Waals surface area contributed by atoms with E-state index in [4.69, 9.17) is 4.74 Å². The van der Waals surface area contributed by atoms with Crippen LogP contribution in [0.2, 0.25) is 0 Å². The maximum Gasteiger partial charge on any atom is 0.261 e. The predicted molar refractivity (Wildman–Crippen MR) is 84.3 cm³/mol. The molecule has 0 fully saturated rings. The summed E-state index contributed by atoms with van der Waals surface area (Å²) < 4.78 is 18.8. The quantitative estimate of drug-likeness (QED) is 0.917. The summed E-state index contributed by atoms with van der Waals surface area (Å²) in [6.45, 7) is 5.72. The molecule has 1 atom stereocenters. The van der Waals surface area contributed by atoms with E-state index in [1.807, 2.05) is 31.2 Å². The van der Waals surface area contributed by atoms with Crippen LogP contribution in [0.3, 0.4) is 0 Å². The number of nitrogens with one attached hydrogen (secondary N) is 1. The van der Waals surface area contributed by atoms with E-state index in [0.717, 1.165) is 11.1 Å². The van der Waals surface area contributed by atoms with Gasteiger partial charge in [-0.3, -0.25) is 4.79 Å².